The molecule has 0 unspecified atom stereocenters. The average molecular weight is 399 g/mol. The lowest BCUT2D eigenvalue weighted by atomic mass is 10.1. The Bertz CT molecular complexity index is 834. The molecule has 1 N–H and O–H groups in total. The van der Waals surface area contributed by atoms with Crippen molar-refractivity contribution in [1.29, 1.82) is 0 Å². The first-order valence-corrected chi connectivity index (χ1v) is 10.1. The maximum Gasteiger partial charge on any atom is 0.289 e. The van der Waals surface area contributed by atoms with Crippen LogP contribution in [0.4, 0.5) is 0 Å². The van der Waals surface area contributed by atoms with Gasteiger partial charge in [0.1, 0.15) is 5.69 Å². The van der Waals surface area contributed by atoms with E-state index in [9.17, 15) is 9.59 Å². The molecule has 0 radical (unpaired) electrons. The summed E-state index contributed by atoms with van der Waals surface area (Å²) in [5, 5.41) is 2.89. The van der Waals surface area contributed by atoms with E-state index in [-0.39, 0.29) is 11.8 Å². The van der Waals surface area contributed by atoms with Crippen LogP contribution in [0.25, 0.3) is 0 Å². The summed E-state index contributed by atoms with van der Waals surface area (Å²) in [7, 11) is 3.41. The number of carbonyl (C=O) groups is 2. The Morgan fingerprint density at radius 2 is 2.07 bits per heavy atom. The predicted octanol–water partition coefficient (Wildman–Crippen LogP) is 1.70. The van der Waals surface area contributed by atoms with Gasteiger partial charge in [-0.25, -0.2) is 4.98 Å². The number of ether oxygens (including phenoxy) is 1. The molecule has 2 aromatic rings. The molecule has 156 valence electrons. The molecule has 0 atom stereocenters. The van der Waals surface area contributed by atoms with Gasteiger partial charge in [-0.3, -0.25) is 14.6 Å². The SMILES string of the molecule is COCCCNC(=O)c1nc(C(=O)N(C)CCc2ccncc2)n2c1CCCC2. The normalized spacial score (nSPS) is 13.0. The van der Waals surface area contributed by atoms with Crippen LogP contribution in [0, 0.1) is 0 Å². The largest absolute Gasteiger partial charge is 0.385 e. The van der Waals surface area contributed by atoms with Crippen LogP contribution < -0.4 is 5.32 Å². The van der Waals surface area contributed by atoms with Gasteiger partial charge in [0.05, 0.1) is 5.69 Å². The topological polar surface area (TPSA) is 89.3 Å². The second-order valence-corrected chi connectivity index (χ2v) is 7.27. The minimum atomic E-state index is -0.217. The highest BCUT2D eigenvalue weighted by Crippen LogP contribution is 2.22. The van der Waals surface area contributed by atoms with E-state index < -0.39 is 0 Å². The molecule has 0 aromatic carbocycles. The standard InChI is InChI=1S/C21H29N5O3/c1-25(14-9-16-7-11-22-12-8-16)21(28)19-24-18(17-6-3-4-13-26(17)19)20(27)23-10-5-15-29-2/h7-8,11-12H,3-6,9-10,13-15H2,1-2H3,(H,23,27). The monoisotopic (exact) mass is 399 g/mol. The maximum absolute atomic E-state index is 13.1. The predicted molar refractivity (Wildman–Crippen MR) is 109 cm³/mol. The van der Waals surface area contributed by atoms with Crippen molar-refractivity contribution >= 4 is 11.8 Å². The van der Waals surface area contributed by atoms with E-state index in [1.54, 1.807) is 31.5 Å². The fourth-order valence-electron chi connectivity index (χ4n) is 3.51. The molecule has 1 aliphatic heterocycles. The van der Waals surface area contributed by atoms with E-state index in [2.05, 4.69) is 15.3 Å². The average Bonchev–Trinajstić information content (AvgIpc) is 3.15. The smallest absolute Gasteiger partial charge is 0.289 e. The molecule has 0 aliphatic carbocycles. The molecule has 0 spiro atoms. The molecular weight excluding hydrogens is 370 g/mol. The summed E-state index contributed by atoms with van der Waals surface area (Å²) in [6.07, 6.45) is 7.73. The number of carbonyl (C=O) groups excluding carboxylic acids is 2. The van der Waals surface area contributed by atoms with E-state index >= 15 is 0 Å². The Kier molecular flexibility index (Phi) is 7.35. The number of imidazole rings is 1. The van der Waals surface area contributed by atoms with Crippen LogP contribution in [0.3, 0.4) is 0 Å². The minimum Gasteiger partial charge on any atom is -0.385 e. The van der Waals surface area contributed by atoms with E-state index in [0.717, 1.165) is 49.9 Å². The fraction of sp³-hybridized carbons (Fsp3) is 0.524. The van der Waals surface area contributed by atoms with E-state index in [0.29, 0.717) is 31.2 Å². The van der Waals surface area contributed by atoms with Crippen LogP contribution in [0.1, 0.15) is 51.6 Å². The second kappa shape index (κ2) is 10.2. The summed E-state index contributed by atoms with van der Waals surface area (Å²) in [6, 6.07) is 3.89. The van der Waals surface area contributed by atoms with Crippen LogP contribution in [-0.2, 0) is 24.1 Å². The number of nitrogens with one attached hydrogen (secondary N) is 1. The highest BCUT2D eigenvalue weighted by molar-refractivity contribution is 5.97. The van der Waals surface area contributed by atoms with Gasteiger partial charge in [-0.05, 0) is 49.8 Å². The molecule has 0 saturated heterocycles. The summed E-state index contributed by atoms with van der Waals surface area (Å²) < 4.78 is 6.94. The number of pyridine rings is 1. The van der Waals surface area contributed by atoms with Crippen LogP contribution >= 0.6 is 0 Å². The van der Waals surface area contributed by atoms with Crippen molar-refractivity contribution in [3.05, 3.63) is 47.3 Å². The molecular formula is C21H29N5O3. The Balaban J connectivity index is 1.71. The molecule has 3 rings (SSSR count). The van der Waals surface area contributed by atoms with Gasteiger partial charge in [-0.1, -0.05) is 0 Å². The third-order valence-electron chi connectivity index (χ3n) is 5.17. The van der Waals surface area contributed by atoms with Crippen LogP contribution in [0.2, 0.25) is 0 Å². The molecule has 0 saturated carbocycles. The van der Waals surface area contributed by atoms with Crippen molar-refractivity contribution < 1.29 is 14.3 Å². The quantitative estimate of drug-likeness (QED) is 0.648. The molecule has 0 fully saturated rings. The van der Waals surface area contributed by atoms with Crippen molar-refractivity contribution in [2.45, 2.75) is 38.6 Å². The van der Waals surface area contributed by atoms with Gasteiger partial charge in [-0.15, -0.1) is 0 Å². The number of likely N-dealkylation sites (N-methyl/N-ethyl adjacent to an activating group) is 1. The number of aromatic nitrogens is 3. The van der Waals surface area contributed by atoms with E-state index in [1.165, 1.54) is 0 Å². The molecule has 2 aromatic heterocycles. The van der Waals surface area contributed by atoms with Crippen molar-refractivity contribution in [2.75, 3.05) is 33.9 Å². The highest BCUT2D eigenvalue weighted by atomic mass is 16.5. The lowest BCUT2D eigenvalue weighted by molar-refractivity contribution is 0.0778. The third kappa shape index (κ3) is 5.20. The van der Waals surface area contributed by atoms with Gasteiger partial charge < -0.3 is 19.5 Å². The minimum absolute atomic E-state index is 0.152. The van der Waals surface area contributed by atoms with E-state index in [4.69, 9.17) is 4.74 Å². The molecule has 8 nitrogen and oxygen atoms in total. The number of fused-ring (bicyclic) bond motifs is 1. The number of amides is 2. The molecule has 3 heterocycles. The molecule has 29 heavy (non-hydrogen) atoms. The summed E-state index contributed by atoms with van der Waals surface area (Å²) in [6.45, 7) is 2.41. The number of nitrogens with zero attached hydrogens (tertiary/aromatic N) is 4. The Morgan fingerprint density at radius 3 is 2.83 bits per heavy atom. The molecule has 8 heteroatoms. The van der Waals surface area contributed by atoms with Crippen molar-refractivity contribution in [1.82, 2.24) is 24.8 Å². The fourth-order valence-corrected chi connectivity index (χ4v) is 3.51. The first kappa shape index (κ1) is 21.0. The zero-order chi connectivity index (χ0) is 20.6. The first-order chi connectivity index (χ1) is 14.1. The molecule has 1 aliphatic rings. The number of rotatable bonds is 9. The maximum atomic E-state index is 13.1. The third-order valence-corrected chi connectivity index (χ3v) is 5.17. The zero-order valence-electron chi connectivity index (χ0n) is 17.2. The molecule has 2 amide bonds. The Morgan fingerprint density at radius 1 is 1.28 bits per heavy atom. The van der Waals surface area contributed by atoms with Crippen molar-refractivity contribution in [2.24, 2.45) is 0 Å². The Hall–Kier alpha value is -2.74. The number of hydrogen-bond donors (Lipinski definition) is 1. The Labute approximate surface area is 171 Å². The van der Waals surface area contributed by atoms with Crippen LogP contribution in [0.5, 0.6) is 0 Å². The van der Waals surface area contributed by atoms with Crippen LogP contribution in [-0.4, -0.2) is 65.1 Å². The summed E-state index contributed by atoms with van der Waals surface area (Å²) in [5.41, 5.74) is 2.38. The summed E-state index contributed by atoms with van der Waals surface area (Å²) in [4.78, 5) is 35.9. The summed E-state index contributed by atoms with van der Waals surface area (Å²) >= 11 is 0. The van der Waals surface area contributed by atoms with Gasteiger partial charge in [-0.2, -0.15) is 0 Å². The zero-order valence-corrected chi connectivity index (χ0v) is 17.2. The number of methoxy groups -OCH3 is 1. The van der Waals surface area contributed by atoms with Crippen LogP contribution in [0.15, 0.2) is 24.5 Å². The highest BCUT2D eigenvalue weighted by Gasteiger charge is 2.28. The number of hydrogen-bond acceptors (Lipinski definition) is 5. The second-order valence-electron chi connectivity index (χ2n) is 7.27. The lowest BCUT2D eigenvalue weighted by Crippen LogP contribution is -2.32. The lowest BCUT2D eigenvalue weighted by Gasteiger charge is -2.20. The van der Waals surface area contributed by atoms with Gasteiger partial charge in [0.15, 0.2) is 5.82 Å². The molecule has 0 bridgehead atoms. The summed E-state index contributed by atoms with van der Waals surface area (Å²) in [5.74, 6) is -0.00940. The van der Waals surface area contributed by atoms with Gasteiger partial charge in [0.25, 0.3) is 11.8 Å². The van der Waals surface area contributed by atoms with Gasteiger partial charge in [0.2, 0.25) is 0 Å². The first-order valence-electron chi connectivity index (χ1n) is 10.1. The van der Waals surface area contributed by atoms with Gasteiger partial charge in [0, 0.05) is 52.8 Å². The van der Waals surface area contributed by atoms with E-state index in [1.807, 2.05) is 16.7 Å². The van der Waals surface area contributed by atoms with Gasteiger partial charge >= 0.3 is 0 Å². The van der Waals surface area contributed by atoms with Crippen molar-refractivity contribution in [3.63, 3.8) is 0 Å². The van der Waals surface area contributed by atoms with Crippen molar-refractivity contribution in [3.8, 4) is 0 Å².